The minimum Gasteiger partial charge on any atom is -0.356 e. The first-order valence-corrected chi connectivity index (χ1v) is 8.68. The Morgan fingerprint density at radius 3 is 2.92 bits per heavy atom. The standard InChI is InChI=1S/C20H19ClN2O/c1-12-5-2-3-6-14(12)20(24)23-18-8-4-7-15-16-11-13(21)9-10-17(16)22-19(15)18/h2-3,5-6,9-11,18,22H,4,7-8H2,1H3,(H,23,24)/t18-/m1/s1. The molecule has 0 aliphatic heterocycles. The Balaban J connectivity index is 1.68. The highest BCUT2D eigenvalue weighted by Gasteiger charge is 2.26. The van der Waals surface area contributed by atoms with Gasteiger partial charge in [0.05, 0.1) is 6.04 Å². The van der Waals surface area contributed by atoms with E-state index in [1.165, 1.54) is 10.9 Å². The van der Waals surface area contributed by atoms with Crippen LogP contribution in [0.2, 0.25) is 5.02 Å². The number of aromatic nitrogens is 1. The number of H-pyrrole nitrogens is 1. The summed E-state index contributed by atoms with van der Waals surface area (Å²) in [6.45, 7) is 1.96. The summed E-state index contributed by atoms with van der Waals surface area (Å²) in [4.78, 5) is 16.2. The minimum absolute atomic E-state index is 0.0114. The summed E-state index contributed by atoms with van der Waals surface area (Å²) in [5.74, 6) is -0.0114. The van der Waals surface area contributed by atoms with Crippen LogP contribution >= 0.6 is 11.6 Å². The zero-order valence-electron chi connectivity index (χ0n) is 13.5. The van der Waals surface area contributed by atoms with Crippen LogP contribution in [-0.2, 0) is 6.42 Å². The van der Waals surface area contributed by atoms with Crippen molar-refractivity contribution in [1.29, 1.82) is 0 Å². The summed E-state index contributed by atoms with van der Waals surface area (Å²) in [5, 5.41) is 5.12. The molecule has 1 aromatic heterocycles. The van der Waals surface area contributed by atoms with Crippen molar-refractivity contribution < 1.29 is 4.79 Å². The minimum atomic E-state index is -0.0114. The van der Waals surface area contributed by atoms with Gasteiger partial charge in [-0.25, -0.2) is 0 Å². The number of aryl methyl sites for hydroxylation is 2. The average Bonchev–Trinajstić information content (AvgIpc) is 2.94. The Kier molecular flexibility index (Phi) is 3.81. The van der Waals surface area contributed by atoms with Gasteiger partial charge in [0.15, 0.2) is 0 Å². The van der Waals surface area contributed by atoms with Gasteiger partial charge in [-0.1, -0.05) is 29.8 Å². The van der Waals surface area contributed by atoms with Crippen molar-refractivity contribution in [3.05, 3.63) is 69.9 Å². The lowest BCUT2D eigenvalue weighted by Gasteiger charge is -2.24. The molecule has 0 fully saturated rings. The molecular weight excluding hydrogens is 320 g/mol. The Labute approximate surface area is 146 Å². The number of rotatable bonds is 2. The number of aromatic amines is 1. The van der Waals surface area contributed by atoms with Gasteiger partial charge in [0.25, 0.3) is 5.91 Å². The monoisotopic (exact) mass is 338 g/mol. The van der Waals surface area contributed by atoms with Crippen molar-refractivity contribution in [2.45, 2.75) is 32.2 Å². The van der Waals surface area contributed by atoms with Crippen molar-refractivity contribution >= 4 is 28.4 Å². The van der Waals surface area contributed by atoms with Crippen LogP contribution < -0.4 is 5.32 Å². The van der Waals surface area contributed by atoms with Crippen molar-refractivity contribution in [3.63, 3.8) is 0 Å². The number of benzene rings is 2. The van der Waals surface area contributed by atoms with E-state index in [0.29, 0.717) is 0 Å². The summed E-state index contributed by atoms with van der Waals surface area (Å²) >= 11 is 6.15. The molecule has 0 unspecified atom stereocenters. The van der Waals surface area contributed by atoms with E-state index < -0.39 is 0 Å². The Bertz CT molecular complexity index is 929. The van der Waals surface area contributed by atoms with Gasteiger partial charge in [-0.2, -0.15) is 0 Å². The van der Waals surface area contributed by atoms with E-state index in [1.807, 2.05) is 49.4 Å². The fraction of sp³-hybridized carbons (Fsp3) is 0.250. The maximum atomic E-state index is 12.7. The molecule has 1 amide bonds. The fourth-order valence-electron chi connectivity index (χ4n) is 3.64. The number of hydrogen-bond acceptors (Lipinski definition) is 1. The fourth-order valence-corrected chi connectivity index (χ4v) is 3.81. The molecule has 1 heterocycles. The maximum absolute atomic E-state index is 12.7. The summed E-state index contributed by atoms with van der Waals surface area (Å²) in [5.41, 5.74) is 5.23. The molecule has 2 N–H and O–H groups in total. The first-order valence-electron chi connectivity index (χ1n) is 8.30. The van der Waals surface area contributed by atoms with Crippen molar-refractivity contribution in [2.75, 3.05) is 0 Å². The molecule has 24 heavy (non-hydrogen) atoms. The SMILES string of the molecule is Cc1ccccc1C(=O)N[C@@H]1CCCc2c1[nH]c1ccc(Cl)cc21. The van der Waals surface area contributed by atoms with E-state index in [1.54, 1.807) is 0 Å². The van der Waals surface area contributed by atoms with E-state index in [9.17, 15) is 4.79 Å². The molecule has 4 rings (SSSR count). The highest BCUT2D eigenvalue weighted by Crippen LogP contribution is 2.35. The molecule has 122 valence electrons. The van der Waals surface area contributed by atoms with Crippen LogP contribution in [0.25, 0.3) is 10.9 Å². The largest absolute Gasteiger partial charge is 0.356 e. The lowest BCUT2D eigenvalue weighted by Crippen LogP contribution is -2.31. The lowest BCUT2D eigenvalue weighted by molar-refractivity contribution is 0.0931. The van der Waals surface area contributed by atoms with Crippen LogP contribution in [0.3, 0.4) is 0 Å². The molecule has 0 saturated carbocycles. The Hall–Kier alpha value is -2.26. The molecule has 4 heteroatoms. The molecule has 1 aliphatic carbocycles. The van der Waals surface area contributed by atoms with Gasteiger partial charge >= 0.3 is 0 Å². The van der Waals surface area contributed by atoms with Crippen LogP contribution in [0.4, 0.5) is 0 Å². The zero-order valence-corrected chi connectivity index (χ0v) is 14.3. The van der Waals surface area contributed by atoms with E-state index in [2.05, 4.69) is 10.3 Å². The third kappa shape index (κ3) is 2.59. The third-order valence-electron chi connectivity index (χ3n) is 4.86. The maximum Gasteiger partial charge on any atom is 0.252 e. The predicted octanol–water partition coefficient (Wildman–Crippen LogP) is 4.94. The molecule has 0 saturated heterocycles. The molecule has 3 aromatic rings. The quantitative estimate of drug-likeness (QED) is 0.683. The second-order valence-corrected chi connectivity index (χ2v) is 6.88. The Morgan fingerprint density at radius 1 is 1.25 bits per heavy atom. The highest BCUT2D eigenvalue weighted by molar-refractivity contribution is 6.31. The normalized spacial score (nSPS) is 16.8. The van der Waals surface area contributed by atoms with Crippen LogP contribution in [0.15, 0.2) is 42.5 Å². The van der Waals surface area contributed by atoms with Crippen LogP contribution in [-0.4, -0.2) is 10.9 Å². The van der Waals surface area contributed by atoms with E-state index >= 15 is 0 Å². The highest BCUT2D eigenvalue weighted by atomic mass is 35.5. The number of fused-ring (bicyclic) bond motifs is 3. The summed E-state index contributed by atoms with van der Waals surface area (Å²) in [6.07, 6.45) is 3.03. The van der Waals surface area contributed by atoms with Gasteiger partial charge in [-0.3, -0.25) is 4.79 Å². The average molecular weight is 339 g/mol. The summed E-state index contributed by atoms with van der Waals surface area (Å²) < 4.78 is 0. The van der Waals surface area contributed by atoms with Gasteiger partial charge in [0.2, 0.25) is 0 Å². The molecular formula is C20H19ClN2O. The van der Waals surface area contributed by atoms with Gasteiger partial charge in [0, 0.05) is 27.2 Å². The topological polar surface area (TPSA) is 44.9 Å². The Morgan fingerprint density at radius 2 is 2.08 bits per heavy atom. The molecule has 1 aliphatic rings. The van der Waals surface area contributed by atoms with Crippen molar-refractivity contribution in [1.82, 2.24) is 10.3 Å². The van der Waals surface area contributed by atoms with Crippen LogP contribution in [0.1, 0.15) is 46.1 Å². The number of nitrogens with one attached hydrogen (secondary N) is 2. The van der Waals surface area contributed by atoms with Crippen molar-refractivity contribution in [3.8, 4) is 0 Å². The first-order chi connectivity index (χ1) is 11.6. The smallest absolute Gasteiger partial charge is 0.252 e. The van der Waals surface area contributed by atoms with E-state index in [-0.39, 0.29) is 11.9 Å². The third-order valence-corrected chi connectivity index (χ3v) is 5.10. The number of carbonyl (C=O) groups excluding carboxylic acids is 1. The van der Waals surface area contributed by atoms with Crippen LogP contribution in [0, 0.1) is 6.92 Å². The molecule has 2 aromatic carbocycles. The zero-order chi connectivity index (χ0) is 16.7. The van der Waals surface area contributed by atoms with Gasteiger partial charge in [-0.05, 0) is 61.6 Å². The van der Waals surface area contributed by atoms with Gasteiger partial charge in [-0.15, -0.1) is 0 Å². The number of carbonyl (C=O) groups is 1. The second-order valence-electron chi connectivity index (χ2n) is 6.44. The van der Waals surface area contributed by atoms with E-state index in [4.69, 9.17) is 11.6 Å². The van der Waals surface area contributed by atoms with Crippen LogP contribution in [0.5, 0.6) is 0 Å². The van der Waals surface area contributed by atoms with Crippen molar-refractivity contribution in [2.24, 2.45) is 0 Å². The number of hydrogen-bond donors (Lipinski definition) is 2. The number of halogens is 1. The van der Waals surface area contributed by atoms with Gasteiger partial charge in [0.1, 0.15) is 0 Å². The predicted molar refractivity (Wildman–Crippen MR) is 97.6 cm³/mol. The molecule has 0 radical (unpaired) electrons. The lowest BCUT2D eigenvalue weighted by atomic mass is 9.91. The molecule has 0 bridgehead atoms. The summed E-state index contributed by atoms with van der Waals surface area (Å²) in [6, 6.07) is 13.6. The number of amides is 1. The summed E-state index contributed by atoms with van der Waals surface area (Å²) in [7, 11) is 0. The second kappa shape index (κ2) is 5.99. The van der Waals surface area contributed by atoms with Gasteiger partial charge < -0.3 is 10.3 Å². The molecule has 3 nitrogen and oxygen atoms in total. The van der Waals surface area contributed by atoms with E-state index in [0.717, 1.165) is 46.6 Å². The molecule has 0 spiro atoms. The molecule has 1 atom stereocenters. The first kappa shape index (κ1) is 15.3.